The lowest BCUT2D eigenvalue weighted by Gasteiger charge is -2.36. The van der Waals surface area contributed by atoms with Gasteiger partial charge < -0.3 is 20.5 Å². The molecule has 3 N–H and O–H groups in total. The highest BCUT2D eigenvalue weighted by atomic mass is 32.2. The number of hydrogen-bond acceptors (Lipinski definition) is 5. The molecule has 1 aromatic heterocycles. The second-order valence-corrected chi connectivity index (χ2v) is 12.9. The first kappa shape index (κ1) is 25.7. The molecule has 8 nitrogen and oxygen atoms in total. The third-order valence-corrected chi connectivity index (χ3v) is 9.48. The van der Waals surface area contributed by atoms with E-state index in [9.17, 15) is 18.0 Å². The van der Waals surface area contributed by atoms with Crippen molar-refractivity contribution in [3.05, 3.63) is 46.3 Å². The summed E-state index contributed by atoms with van der Waals surface area (Å²) in [5, 5.41) is 6.34. The molecule has 2 amide bonds. The Hall–Kier alpha value is -2.91. The van der Waals surface area contributed by atoms with Gasteiger partial charge in [0, 0.05) is 54.2 Å². The number of fused-ring (bicyclic) bond motifs is 2. The lowest BCUT2D eigenvalue weighted by atomic mass is 9.92. The van der Waals surface area contributed by atoms with Crippen LogP contribution in [0.4, 0.5) is 5.69 Å². The van der Waals surface area contributed by atoms with E-state index >= 15 is 0 Å². The fourth-order valence-corrected chi connectivity index (χ4v) is 6.83. The van der Waals surface area contributed by atoms with Crippen molar-refractivity contribution in [2.75, 3.05) is 24.2 Å². The number of nitrogens with one attached hydrogen (secondary N) is 3. The van der Waals surface area contributed by atoms with Gasteiger partial charge in [-0.3, -0.25) is 9.59 Å². The maximum atomic E-state index is 13.1. The van der Waals surface area contributed by atoms with Crippen LogP contribution in [0, 0.1) is 0 Å². The SMILES string of the molecule is CCS(=O)(=O)c1ccc2c(c1)/C(=C/c1[nH]c3c(c1CCC(=O)N1CC(C)NC(C)C1)CCCC3)C(=O)N2. The molecule has 3 heterocycles. The Morgan fingerprint density at radius 2 is 1.86 bits per heavy atom. The summed E-state index contributed by atoms with van der Waals surface area (Å²) in [6.45, 7) is 7.24. The van der Waals surface area contributed by atoms with Gasteiger partial charge >= 0.3 is 0 Å². The van der Waals surface area contributed by atoms with Gasteiger partial charge in [0.1, 0.15) is 0 Å². The van der Waals surface area contributed by atoms with Gasteiger partial charge in [-0.1, -0.05) is 6.92 Å². The summed E-state index contributed by atoms with van der Waals surface area (Å²) in [6, 6.07) is 5.34. The number of benzene rings is 1. The van der Waals surface area contributed by atoms with Gasteiger partial charge in [0.05, 0.1) is 16.2 Å². The van der Waals surface area contributed by atoms with Crippen LogP contribution in [0.3, 0.4) is 0 Å². The largest absolute Gasteiger partial charge is 0.358 e. The normalized spacial score (nSPS) is 22.6. The van der Waals surface area contributed by atoms with E-state index in [-0.39, 0.29) is 34.5 Å². The Labute approximate surface area is 218 Å². The molecule has 1 saturated heterocycles. The fourth-order valence-electron chi connectivity index (χ4n) is 5.92. The monoisotopic (exact) mass is 524 g/mol. The molecule has 0 radical (unpaired) electrons. The molecule has 2 aliphatic heterocycles. The van der Waals surface area contributed by atoms with Crippen LogP contribution < -0.4 is 10.6 Å². The van der Waals surface area contributed by atoms with E-state index in [1.807, 2.05) is 11.0 Å². The predicted octanol–water partition coefficient (Wildman–Crippen LogP) is 3.32. The zero-order chi connectivity index (χ0) is 26.3. The van der Waals surface area contributed by atoms with Gasteiger partial charge in [-0.05, 0) is 81.4 Å². The molecule has 37 heavy (non-hydrogen) atoms. The summed E-state index contributed by atoms with van der Waals surface area (Å²) in [5.41, 5.74) is 6.06. The molecule has 0 spiro atoms. The second-order valence-electron chi connectivity index (χ2n) is 10.6. The van der Waals surface area contributed by atoms with Crippen molar-refractivity contribution in [2.24, 2.45) is 0 Å². The quantitative estimate of drug-likeness (QED) is 0.502. The van der Waals surface area contributed by atoms with E-state index in [0.29, 0.717) is 42.8 Å². The van der Waals surface area contributed by atoms with Crippen molar-refractivity contribution >= 4 is 39.0 Å². The van der Waals surface area contributed by atoms with Crippen LogP contribution in [0.1, 0.15) is 68.1 Å². The van der Waals surface area contributed by atoms with Crippen molar-refractivity contribution in [3.8, 4) is 0 Å². The second kappa shape index (κ2) is 10.1. The third-order valence-electron chi connectivity index (χ3n) is 7.74. The molecule has 198 valence electrons. The first-order valence-corrected chi connectivity index (χ1v) is 15.0. The molecular weight excluding hydrogens is 488 g/mol. The van der Waals surface area contributed by atoms with Crippen LogP contribution in [0.2, 0.25) is 0 Å². The maximum absolute atomic E-state index is 13.1. The molecule has 2 atom stereocenters. The number of H-pyrrole nitrogens is 1. The van der Waals surface area contributed by atoms with E-state index in [4.69, 9.17) is 0 Å². The van der Waals surface area contributed by atoms with Crippen LogP contribution in [-0.2, 0) is 38.7 Å². The molecule has 1 aliphatic carbocycles. The summed E-state index contributed by atoms with van der Waals surface area (Å²) in [5.74, 6) is -0.0966. The van der Waals surface area contributed by atoms with Gasteiger partial charge in [0.25, 0.3) is 5.91 Å². The molecule has 2 aromatic rings. The van der Waals surface area contributed by atoms with Crippen molar-refractivity contribution in [2.45, 2.75) is 76.3 Å². The van der Waals surface area contributed by atoms with Gasteiger partial charge in [0.15, 0.2) is 9.84 Å². The van der Waals surface area contributed by atoms with Crippen LogP contribution >= 0.6 is 0 Å². The molecule has 1 aromatic carbocycles. The highest BCUT2D eigenvalue weighted by molar-refractivity contribution is 7.91. The summed E-state index contributed by atoms with van der Waals surface area (Å²) in [7, 11) is -3.40. The number of carbonyl (C=O) groups excluding carboxylic acids is 2. The number of anilines is 1. The van der Waals surface area contributed by atoms with Crippen LogP contribution in [0.15, 0.2) is 23.1 Å². The number of aryl methyl sites for hydroxylation is 1. The van der Waals surface area contributed by atoms with E-state index in [1.165, 1.54) is 11.3 Å². The predicted molar refractivity (Wildman–Crippen MR) is 145 cm³/mol. The first-order valence-electron chi connectivity index (χ1n) is 13.3. The number of nitrogens with zero attached hydrogens (tertiary/aromatic N) is 1. The van der Waals surface area contributed by atoms with Crippen LogP contribution in [-0.4, -0.2) is 61.0 Å². The lowest BCUT2D eigenvalue weighted by molar-refractivity contribution is -0.132. The summed E-state index contributed by atoms with van der Waals surface area (Å²) in [6.07, 6.45) is 7.00. The molecule has 9 heteroatoms. The number of rotatable bonds is 6. The Morgan fingerprint density at radius 3 is 2.59 bits per heavy atom. The van der Waals surface area contributed by atoms with Gasteiger partial charge in [-0.2, -0.15) is 0 Å². The minimum atomic E-state index is -3.40. The van der Waals surface area contributed by atoms with Gasteiger partial charge in [0.2, 0.25) is 5.91 Å². The van der Waals surface area contributed by atoms with E-state index in [0.717, 1.165) is 36.9 Å². The number of aromatic amines is 1. The average molecular weight is 525 g/mol. The minimum absolute atomic E-state index is 0.00162. The summed E-state index contributed by atoms with van der Waals surface area (Å²) in [4.78, 5) is 31.8. The number of carbonyl (C=O) groups is 2. The third kappa shape index (κ3) is 5.11. The fraction of sp³-hybridized carbons (Fsp3) is 0.500. The maximum Gasteiger partial charge on any atom is 0.256 e. The Kier molecular flexibility index (Phi) is 7.02. The molecular formula is C28H36N4O4S. The van der Waals surface area contributed by atoms with Crippen molar-refractivity contribution in [1.29, 1.82) is 0 Å². The Morgan fingerprint density at radius 1 is 1.14 bits per heavy atom. The van der Waals surface area contributed by atoms with Crippen molar-refractivity contribution in [3.63, 3.8) is 0 Å². The molecule has 0 saturated carbocycles. The highest BCUT2D eigenvalue weighted by Crippen LogP contribution is 2.37. The standard InChI is InChI=1S/C28H36N4O4S/c1-4-37(35,36)19-9-11-25-22(13-19)23(28(34)31-25)14-26-21(20-7-5-6-8-24(20)30-26)10-12-27(33)32-15-17(2)29-18(3)16-32/h9,11,13-14,17-18,29-30H,4-8,10,12,15-16H2,1-3H3,(H,31,34)/b23-14-. The molecule has 5 rings (SSSR count). The zero-order valence-electron chi connectivity index (χ0n) is 21.8. The number of aromatic nitrogens is 1. The number of sulfone groups is 1. The minimum Gasteiger partial charge on any atom is -0.358 e. The number of amides is 2. The number of piperazine rings is 1. The highest BCUT2D eigenvalue weighted by Gasteiger charge is 2.29. The van der Waals surface area contributed by atoms with E-state index in [2.05, 4.69) is 29.5 Å². The van der Waals surface area contributed by atoms with Crippen molar-refractivity contribution in [1.82, 2.24) is 15.2 Å². The topological polar surface area (TPSA) is 111 Å². The average Bonchev–Trinajstić information content (AvgIpc) is 3.38. The molecule has 2 unspecified atom stereocenters. The van der Waals surface area contributed by atoms with Crippen LogP contribution in [0.25, 0.3) is 11.6 Å². The molecule has 3 aliphatic rings. The van der Waals surface area contributed by atoms with Gasteiger partial charge in [-0.25, -0.2) is 8.42 Å². The molecule has 1 fully saturated rings. The van der Waals surface area contributed by atoms with E-state index in [1.54, 1.807) is 25.1 Å². The smallest absolute Gasteiger partial charge is 0.256 e. The van der Waals surface area contributed by atoms with Crippen molar-refractivity contribution < 1.29 is 18.0 Å². The molecule has 0 bridgehead atoms. The van der Waals surface area contributed by atoms with Gasteiger partial charge in [-0.15, -0.1) is 0 Å². The lowest BCUT2D eigenvalue weighted by Crippen LogP contribution is -2.55. The van der Waals surface area contributed by atoms with Crippen LogP contribution in [0.5, 0.6) is 0 Å². The van der Waals surface area contributed by atoms with E-state index < -0.39 is 9.84 Å². The Balaban J connectivity index is 1.47. The Bertz CT molecular complexity index is 1360. The summed E-state index contributed by atoms with van der Waals surface area (Å²) >= 11 is 0. The first-order chi connectivity index (χ1) is 17.7. The zero-order valence-corrected chi connectivity index (χ0v) is 22.6. The summed E-state index contributed by atoms with van der Waals surface area (Å²) < 4.78 is 25.0. The number of hydrogen-bond donors (Lipinski definition) is 3.